The Kier molecular flexibility index (Phi) is 6.70. The first-order valence-corrected chi connectivity index (χ1v) is 12.1. The predicted molar refractivity (Wildman–Crippen MR) is 114 cm³/mol. The van der Waals surface area contributed by atoms with Crippen molar-refractivity contribution in [1.29, 1.82) is 0 Å². The normalized spacial score (nSPS) is 16.3. The smallest absolute Gasteiger partial charge is 0.243 e. The molecule has 0 radical (unpaired) electrons. The van der Waals surface area contributed by atoms with Gasteiger partial charge in [0, 0.05) is 25.4 Å². The third kappa shape index (κ3) is 5.21. The summed E-state index contributed by atoms with van der Waals surface area (Å²) >= 11 is 1.40. The highest BCUT2D eigenvalue weighted by Crippen LogP contribution is 2.26. The number of nitrogens with one attached hydrogen (secondary N) is 1. The number of nitrogens with zero attached hydrogens (tertiary/aromatic N) is 3. The molecule has 0 saturated carbocycles. The Bertz CT molecular complexity index is 977. The van der Waals surface area contributed by atoms with Crippen LogP contribution in [0.5, 0.6) is 0 Å². The molecule has 1 fully saturated rings. The van der Waals surface area contributed by atoms with Crippen LogP contribution in [0.15, 0.2) is 23.1 Å². The van der Waals surface area contributed by atoms with Crippen LogP contribution in [0, 0.1) is 25.7 Å². The summed E-state index contributed by atoms with van der Waals surface area (Å²) < 4.78 is 27.3. The van der Waals surface area contributed by atoms with Crippen molar-refractivity contribution in [2.75, 3.05) is 18.4 Å². The quantitative estimate of drug-likeness (QED) is 0.749. The standard InChI is InChI=1S/C20H28N4O3S2/c1-13(2)11-18-22-23-20(28-18)21-19(25)16-7-9-24(10-8-16)29(26,27)17-6-5-14(3)15(4)12-17/h5-6,12-13,16H,7-11H2,1-4H3,(H,21,23,25). The van der Waals surface area contributed by atoms with Crippen molar-refractivity contribution in [3.05, 3.63) is 34.3 Å². The van der Waals surface area contributed by atoms with Gasteiger partial charge in [-0.3, -0.25) is 4.79 Å². The molecule has 0 spiro atoms. The van der Waals surface area contributed by atoms with Gasteiger partial charge in [0.05, 0.1) is 4.90 Å². The van der Waals surface area contributed by atoms with E-state index in [1.165, 1.54) is 15.6 Å². The van der Waals surface area contributed by atoms with Gasteiger partial charge in [-0.15, -0.1) is 10.2 Å². The molecule has 1 saturated heterocycles. The minimum atomic E-state index is -3.54. The lowest BCUT2D eigenvalue weighted by Crippen LogP contribution is -2.41. The predicted octanol–water partition coefficient (Wildman–Crippen LogP) is 3.39. The number of hydrogen-bond acceptors (Lipinski definition) is 6. The summed E-state index contributed by atoms with van der Waals surface area (Å²) in [5.41, 5.74) is 2.02. The van der Waals surface area contributed by atoms with E-state index in [4.69, 9.17) is 0 Å². The van der Waals surface area contributed by atoms with Gasteiger partial charge in [-0.05, 0) is 55.9 Å². The number of carbonyl (C=O) groups excluding carboxylic acids is 1. The summed E-state index contributed by atoms with van der Waals surface area (Å²) in [5.74, 6) is 0.147. The Labute approximate surface area is 176 Å². The third-order valence-electron chi connectivity index (χ3n) is 5.22. The monoisotopic (exact) mass is 436 g/mol. The molecular weight excluding hydrogens is 408 g/mol. The number of aromatic nitrogens is 2. The fourth-order valence-electron chi connectivity index (χ4n) is 3.33. The molecule has 7 nitrogen and oxygen atoms in total. The van der Waals surface area contributed by atoms with E-state index in [0.29, 0.717) is 41.9 Å². The van der Waals surface area contributed by atoms with Gasteiger partial charge in [0.15, 0.2) is 0 Å². The van der Waals surface area contributed by atoms with E-state index in [1.807, 2.05) is 19.9 Å². The topological polar surface area (TPSA) is 92.3 Å². The first-order chi connectivity index (χ1) is 13.7. The van der Waals surface area contributed by atoms with Gasteiger partial charge in [-0.25, -0.2) is 8.42 Å². The van der Waals surface area contributed by atoms with Crippen LogP contribution in [0.4, 0.5) is 5.13 Å². The highest BCUT2D eigenvalue weighted by molar-refractivity contribution is 7.89. The Morgan fingerprint density at radius 3 is 2.52 bits per heavy atom. The van der Waals surface area contributed by atoms with Crippen molar-refractivity contribution in [2.45, 2.75) is 51.9 Å². The fraction of sp³-hybridized carbons (Fsp3) is 0.550. The molecule has 1 amide bonds. The Morgan fingerprint density at radius 1 is 1.21 bits per heavy atom. The number of anilines is 1. The Morgan fingerprint density at radius 2 is 1.90 bits per heavy atom. The van der Waals surface area contributed by atoms with Crippen molar-refractivity contribution in [3.63, 3.8) is 0 Å². The molecular formula is C20H28N4O3S2. The zero-order valence-corrected chi connectivity index (χ0v) is 18.9. The molecule has 1 aliphatic rings. The minimum Gasteiger partial charge on any atom is -0.300 e. The third-order valence-corrected chi connectivity index (χ3v) is 7.98. The van der Waals surface area contributed by atoms with Gasteiger partial charge in [-0.1, -0.05) is 31.3 Å². The molecule has 0 atom stereocenters. The molecule has 1 aliphatic heterocycles. The van der Waals surface area contributed by atoms with Gasteiger partial charge in [0.1, 0.15) is 5.01 Å². The second-order valence-electron chi connectivity index (χ2n) is 8.01. The average Bonchev–Trinajstić information content (AvgIpc) is 3.10. The average molecular weight is 437 g/mol. The van der Waals surface area contributed by atoms with E-state index in [2.05, 4.69) is 29.4 Å². The van der Waals surface area contributed by atoms with E-state index in [9.17, 15) is 13.2 Å². The molecule has 9 heteroatoms. The summed E-state index contributed by atoms with van der Waals surface area (Å²) in [7, 11) is -3.54. The van der Waals surface area contributed by atoms with Crippen LogP contribution >= 0.6 is 11.3 Å². The number of piperidine rings is 1. The molecule has 1 N–H and O–H groups in total. The van der Waals surface area contributed by atoms with Crippen LogP contribution in [0.1, 0.15) is 42.8 Å². The van der Waals surface area contributed by atoms with Crippen LogP contribution in [-0.4, -0.2) is 41.9 Å². The summed E-state index contributed by atoms with van der Waals surface area (Å²) in [5, 5.41) is 12.4. The number of rotatable bonds is 6. The number of benzene rings is 1. The maximum absolute atomic E-state index is 12.9. The summed E-state index contributed by atoms with van der Waals surface area (Å²) in [6.45, 7) is 8.76. The van der Waals surface area contributed by atoms with Crippen molar-refractivity contribution in [1.82, 2.24) is 14.5 Å². The zero-order valence-electron chi connectivity index (χ0n) is 17.3. The SMILES string of the molecule is Cc1ccc(S(=O)(=O)N2CCC(C(=O)Nc3nnc(CC(C)C)s3)CC2)cc1C. The molecule has 0 aliphatic carbocycles. The molecule has 158 valence electrons. The lowest BCUT2D eigenvalue weighted by Gasteiger charge is -2.30. The van der Waals surface area contributed by atoms with Crippen LogP contribution in [0.2, 0.25) is 0 Å². The van der Waals surface area contributed by atoms with Gasteiger partial charge in [0.25, 0.3) is 0 Å². The largest absolute Gasteiger partial charge is 0.300 e. The van der Waals surface area contributed by atoms with Gasteiger partial charge in [0.2, 0.25) is 21.1 Å². The van der Waals surface area contributed by atoms with Gasteiger partial charge >= 0.3 is 0 Å². The maximum atomic E-state index is 12.9. The van der Waals surface area contributed by atoms with Crippen LogP contribution in [-0.2, 0) is 21.2 Å². The van der Waals surface area contributed by atoms with Crippen molar-refractivity contribution in [3.8, 4) is 0 Å². The van der Waals surface area contributed by atoms with Gasteiger partial charge < -0.3 is 5.32 Å². The van der Waals surface area contributed by atoms with E-state index >= 15 is 0 Å². The second kappa shape index (κ2) is 8.89. The molecule has 29 heavy (non-hydrogen) atoms. The van der Waals surface area contributed by atoms with E-state index in [0.717, 1.165) is 22.6 Å². The highest BCUT2D eigenvalue weighted by Gasteiger charge is 2.32. The maximum Gasteiger partial charge on any atom is 0.243 e. The molecule has 2 aromatic rings. The van der Waals surface area contributed by atoms with E-state index in [-0.39, 0.29) is 11.8 Å². The summed E-state index contributed by atoms with van der Waals surface area (Å²) in [4.78, 5) is 12.9. The Balaban J connectivity index is 1.58. The van der Waals surface area contributed by atoms with Gasteiger partial charge in [-0.2, -0.15) is 4.31 Å². The summed E-state index contributed by atoms with van der Waals surface area (Å²) in [6, 6.07) is 5.20. The number of aryl methyl sites for hydroxylation is 2. The van der Waals surface area contributed by atoms with Crippen LogP contribution < -0.4 is 5.32 Å². The number of carbonyl (C=O) groups is 1. The first kappa shape index (κ1) is 21.9. The number of hydrogen-bond donors (Lipinski definition) is 1. The Hall–Kier alpha value is -1.84. The minimum absolute atomic E-state index is 0.111. The van der Waals surface area contributed by atoms with Crippen molar-refractivity contribution >= 4 is 32.4 Å². The van der Waals surface area contributed by atoms with Crippen LogP contribution in [0.3, 0.4) is 0 Å². The number of amides is 1. The van der Waals surface area contributed by atoms with E-state index < -0.39 is 10.0 Å². The first-order valence-electron chi connectivity index (χ1n) is 9.87. The fourth-order valence-corrected chi connectivity index (χ4v) is 5.84. The van der Waals surface area contributed by atoms with Crippen molar-refractivity contribution in [2.24, 2.45) is 11.8 Å². The lowest BCUT2D eigenvalue weighted by atomic mass is 9.97. The van der Waals surface area contributed by atoms with Crippen molar-refractivity contribution < 1.29 is 13.2 Å². The zero-order chi connectivity index (χ0) is 21.2. The highest BCUT2D eigenvalue weighted by atomic mass is 32.2. The molecule has 3 rings (SSSR count). The molecule has 1 aromatic carbocycles. The summed E-state index contributed by atoms with van der Waals surface area (Å²) in [6.07, 6.45) is 1.82. The molecule has 0 unspecified atom stereocenters. The van der Waals surface area contributed by atoms with E-state index in [1.54, 1.807) is 12.1 Å². The molecule has 1 aromatic heterocycles. The number of sulfonamides is 1. The molecule has 2 heterocycles. The van der Waals surface area contributed by atoms with Crippen LogP contribution in [0.25, 0.3) is 0 Å². The lowest BCUT2D eigenvalue weighted by molar-refractivity contribution is -0.120. The second-order valence-corrected chi connectivity index (χ2v) is 11.0. The molecule has 0 bridgehead atoms.